The fourth-order valence-corrected chi connectivity index (χ4v) is 2.95. The number of carbonyl (C=O) groups excluding carboxylic acids is 1. The average molecular weight is 276 g/mol. The van der Waals surface area contributed by atoms with E-state index in [0.717, 1.165) is 25.7 Å². The lowest BCUT2D eigenvalue weighted by Gasteiger charge is -2.27. The fraction of sp³-hybridized carbons (Fsp3) is 0.917. The second-order valence-corrected chi connectivity index (χ2v) is 7.70. The normalized spacial score (nSPS) is 24.8. The summed E-state index contributed by atoms with van der Waals surface area (Å²) in [6.45, 7) is 0.274. The monoisotopic (exact) mass is 276 g/mol. The Morgan fingerprint density at radius 3 is 2.61 bits per heavy atom. The number of hydrogen-bond donors (Lipinski definition) is 1. The van der Waals surface area contributed by atoms with Gasteiger partial charge in [-0.15, -0.1) is 0 Å². The highest BCUT2D eigenvalue weighted by atomic mass is 32.2. The zero-order valence-electron chi connectivity index (χ0n) is 11.3. The van der Waals surface area contributed by atoms with Crippen molar-refractivity contribution in [1.82, 2.24) is 4.90 Å². The van der Waals surface area contributed by atoms with Crippen LogP contribution in [0.5, 0.6) is 0 Å². The van der Waals surface area contributed by atoms with Crippen LogP contribution < -0.4 is 5.73 Å². The predicted molar refractivity (Wildman–Crippen MR) is 71.9 cm³/mol. The Morgan fingerprint density at radius 1 is 1.39 bits per heavy atom. The van der Waals surface area contributed by atoms with Crippen LogP contribution in [0, 0.1) is 5.92 Å². The minimum atomic E-state index is -3.01. The smallest absolute Gasteiger partial charge is 0.222 e. The summed E-state index contributed by atoms with van der Waals surface area (Å²) in [6, 6.07) is 0.220. The van der Waals surface area contributed by atoms with E-state index >= 15 is 0 Å². The van der Waals surface area contributed by atoms with Crippen LogP contribution in [0.2, 0.25) is 0 Å². The summed E-state index contributed by atoms with van der Waals surface area (Å²) in [4.78, 5) is 13.4. The Bertz CT molecular complexity index is 381. The summed E-state index contributed by atoms with van der Waals surface area (Å²) in [5.41, 5.74) is 5.89. The Kier molecular flexibility index (Phi) is 5.59. The van der Waals surface area contributed by atoms with E-state index in [0.29, 0.717) is 12.3 Å². The molecular weight excluding hydrogens is 252 g/mol. The lowest BCUT2D eigenvalue weighted by molar-refractivity contribution is -0.130. The number of carbonyl (C=O) groups is 1. The zero-order valence-corrected chi connectivity index (χ0v) is 12.1. The maximum atomic E-state index is 11.9. The van der Waals surface area contributed by atoms with Crippen molar-refractivity contribution < 1.29 is 13.2 Å². The standard InChI is InChI=1S/C12H24N2O3S/c1-14(6-7-18(2,16)17)12(15)9-10-4-3-5-11(13)8-10/h10-11H,3-9,13H2,1-2H3. The van der Waals surface area contributed by atoms with Crippen LogP contribution in [0.3, 0.4) is 0 Å². The Labute approximate surface area is 110 Å². The van der Waals surface area contributed by atoms with Gasteiger partial charge in [-0.3, -0.25) is 4.79 Å². The second-order valence-electron chi connectivity index (χ2n) is 5.44. The molecule has 5 nitrogen and oxygen atoms in total. The van der Waals surface area contributed by atoms with E-state index in [4.69, 9.17) is 5.73 Å². The van der Waals surface area contributed by atoms with Crippen molar-refractivity contribution in [3.63, 3.8) is 0 Å². The summed E-state index contributed by atoms with van der Waals surface area (Å²) < 4.78 is 22.1. The van der Waals surface area contributed by atoms with Gasteiger partial charge in [0.1, 0.15) is 9.84 Å². The van der Waals surface area contributed by atoms with Crippen LogP contribution in [0.4, 0.5) is 0 Å². The van der Waals surface area contributed by atoms with Gasteiger partial charge in [0.25, 0.3) is 0 Å². The minimum absolute atomic E-state index is 0.0257. The third-order valence-corrected chi connectivity index (χ3v) is 4.43. The van der Waals surface area contributed by atoms with E-state index in [9.17, 15) is 13.2 Å². The molecule has 1 amide bonds. The quantitative estimate of drug-likeness (QED) is 0.788. The molecule has 0 radical (unpaired) electrons. The second kappa shape index (κ2) is 6.52. The third kappa shape index (κ3) is 5.82. The summed E-state index contributed by atoms with van der Waals surface area (Å²) in [5.74, 6) is 0.416. The first-order valence-corrected chi connectivity index (χ1v) is 8.51. The molecule has 0 aromatic rings. The van der Waals surface area contributed by atoms with E-state index < -0.39 is 9.84 Å². The SMILES string of the molecule is CN(CCS(C)(=O)=O)C(=O)CC1CCCC(N)C1. The number of hydrogen-bond acceptors (Lipinski definition) is 4. The van der Waals surface area contributed by atoms with Gasteiger partial charge in [-0.1, -0.05) is 6.42 Å². The molecule has 1 rings (SSSR count). The van der Waals surface area contributed by atoms with Crippen LogP contribution in [-0.2, 0) is 14.6 Å². The molecule has 0 aromatic heterocycles. The molecule has 1 saturated carbocycles. The molecule has 1 aliphatic rings. The number of amides is 1. The highest BCUT2D eigenvalue weighted by molar-refractivity contribution is 7.90. The van der Waals surface area contributed by atoms with Gasteiger partial charge in [-0.25, -0.2) is 8.42 Å². The van der Waals surface area contributed by atoms with Crippen molar-refractivity contribution in [2.75, 3.05) is 25.6 Å². The van der Waals surface area contributed by atoms with E-state index in [2.05, 4.69) is 0 Å². The molecule has 0 bridgehead atoms. The number of sulfone groups is 1. The summed E-state index contributed by atoms with van der Waals surface area (Å²) in [5, 5.41) is 0. The molecule has 0 spiro atoms. The molecule has 2 atom stereocenters. The molecule has 0 saturated heterocycles. The number of nitrogens with two attached hydrogens (primary N) is 1. The Hall–Kier alpha value is -0.620. The van der Waals surface area contributed by atoms with E-state index in [1.54, 1.807) is 7.05 Å². The first kappa shape index (κ1) is 15.4. The van der Waals surface area contributed by atoms with Gasteiger partial charge in [0, 0.05) is 32.3 Å². The number of nitrogens with zero attached hydrogens (tertiary/aromatic N) is 1. The van der Waals surface area contributed by atoms with Gasteiger partial charge in [-0.05, 0) is 25.2 Å². The van der Waals surface area contributed by atoms with Gasteiger partial charge in [0.15, 0.2) is 0 Å². The van der Waals surface area contributed by atoms with Crippen molar-refractivity contribution >= 4 is 15.7 Å². The van der Waals surface area contributed by atoms with Crippen LogP contribution in [0.1, 0.15) is 32.1 Å². The van der Waals surface area contributed by atoms with E-state index in [-0.39, 0.29) is 24.2 Å². The lowest BCUT2D eigenvalue weighted by Crippen LogP contribution is -2.35. The van der Waals surface area contributed by atoms with E-state index in [1.165, 1.54) is 11.2 Å². The molecule has 1 aliphatic carbocycles. The maximum Gasteiger partial charge on any atom is 0.222 e. The Morgan fingerprint density at radius 2 is 2.06 bits per heavy atom. The first-order valence-electron chi connectivity index (χ1n) is 6.45. The molecule has 0 heterocycles. The van der Waals surface area contributed by atoms with Gasteiger partial charge >= 0.3 is 0 Å². The topological polar surface area (TPSA) is 80.5 Å². The largest absolute Gasteiger partial charge is 0.345 e. The number of rotatable bonds is 5. The van der Waals surface area contributed by atoms with Gasteiger partial charge in [0.2, 0.25) is 5.91 Å². The average Bonchev–Trinajstić information content (AvgIpc) is 2.24. The van der Waals surface area contributed by atoms with Gasteiger partial charge in [-0.2, -0.15) is 0 Å². The Balaban J connectivity index is 2.35. The molecule has 1 fully saturated rings. The van der Waals surface area contributed by atoms with Crippen molar-refractivity contribution in [1.29, 1.82) is 0 Å². The molecule has 2 unspecified atom stereocenters. The first-order chi connectivity index (χ1) is 8.28. The molecular formula is C12H24N2O3S. The highest BCUT2D eigenvalue weighted by Crippen LogP contribution is 2.26. The lowest BCUT2D eigenvalue weighted by atomic mass is 9.84. The summed E-state index contributed by atoms with van der Waals surface area (Å²) in [6.07, 6.45) is 5.78. The molecule has 0 aliphatic heterocycles. The van der Waals surface area contributed by atoms with Crippen molar-refractivity contribution in [2.24, 2.45) is 11.7 Å². The van der Waals surface area contributed by atoms with Crippen LogP contribution in [0.15, 0.2) is 0 Å². The van der Waals surface area contributed by atoms with Crippen LogP contribution in [-0.4, -0.2) is 50.9 Å². The predicted octanol–water partition coefficient (Wildman–Crippen LogP) is 0.397. The summed E-state index contributed by atoms with van der Waals surface area (Å²) >= 11 is 0. The van der Waals surface area contributed by atoms with Crippen molar-refractivity contribution in [3.05, 3.63) is 0 Å². The fourth-order valence-electron chi connectivity index (χ4n) is 2.35. The van der Waals surface area contributed by atoms with E-state index in [1.807, 2.05) is 0 Å². The molecule has 6 heteroatoms. The minimum Gasteiger partial charge on any atom is -0.345 e. The third-order valence-electron chi connectivity index (χ3n) is 3.51. The summed E-state index contributed by atoms with van der Waals surface area (Å²) in [7, 11) is -1.35. The van der Waals surface area contributed by atoms with Crippen molar-refractivity contribution in [2.45, 2.75) is 38.1 Å². The molecule has 2 N–H and O–H groups in total. The highest BCUT2D eigenvalue weighted by Gasteiger charge is 2.23. The van der Waals surface area contributed by atoms with Crippen LogP contribution >= 0.6 is 0 Å². The maximum absolute atomic E-state index is 11.9. The van der Waals surface area contributed by atoms with Crippen molar-refractivity contribution in [3.8, 4) is 0 Å². The van der Waals surface area contributed by atoms with Gasteiger partial charge in [0.05, 0.1) is 5.75 Å². The zero-order chi connectivity index (χ0) is 13.8. The van der Waals surface area contributed by atoms with Crippen LogP contribution in [0.25, 0.3) is 0 Å². The van der Waals surface area contributed by atoms with Gasteiger partial charge < -0.3 is 10.6 Å². The molecule has 106 valence electrons. The molecule has 18 heavy (non-hydrogen) atoms. The molecule has 0 aromatic carbocycles.